The van der Waals surface area contributed by atoms with Crippen LogP contribution in [-0.2, 0) is 4.74 Å². The predicted molar refractivity (Wildman–Crippen MR) is 45.8 cm³/mol. The van der Waals surface area contributed by atoms with Crippen LogP contribution in [0.5, 0.6) is 0 Å². The van der Waals surface area contributed by atoms with Crippen molar-refractivity contribution in [2.24, 2.45) is 5.92 Å². The molecule has 0 heterocycles. The molecule has 0 aromatic rings. The summed E-state index contributed by atoms with van der Waals surface area (Å²) < 4.78 is 5.34. The van der Waals surface area contributed by atoms with Crippen molar-refractivity contribution in [1.82, 2.24) is 0 Å². The number of aliphatic hydroxyl groups is 2. The van der Waals surface area contributed by atoms with Crippen molar-refractivity contribution in [2.75, 3.05) is 13.2 Å². The maximum atomic E-state index is 9.22. The molecule has 2 N–H and O–H groups in total. The average Bonchev–Trinajstić information content (AvgIpc) is 2.32. The fraction of sp³-hybridized carbons (Fsp3) is 1.00. The van der Waals surface area contributed by atoms with Gasteiger partial charge in [0.15, 0.2) is 0 Å². The van der Waals surface area contributed by atoms with Crippen molar-refractivity contribution in [1.29, 1.82) is 0 Å². The molecule has 0 amide bonds. The van der Waals surface area contributed by atoms with E-state index in [2.05, 4.69) is 6.92 Å². The molecular formula is C9H18O3. The molecule has 1 rings (SSSR count). The van der Waals surface area contributed by atoms with Gasteiger partial charge in [-0.1, -0.05) is 6.92 Å². The zero-order valence-electron chi connectivity index (χ0n) is 7.57. The van der Waals surface area contributed by atoms with Crippen molar-refractivity contribution in [3.8, 4) is 0 Å². The Kier molecular flexibility index (Phi) is 3.98. The zero-order chi connectivity index (χ0) is 8.97. The molecule has 0 aromatic heterocycles. The van der Waals surface area contributed by atoms with Crippen molar-refractivity contribution < 1.29 is 14.9 Å². The first-order valence-corrected chi connectivity index (χ1v) is 4.68. The van der Waals surface area contributed by atoms with Crippen LogP contribution in [0.1, 0.15) is 26.2 Å². The number of rotatable bonds is 4. The summed E-state index contributed by atoms with van der Waals surface area (Å²) in [5, 5.41) is 18.4. The molecule has 3 nitrogen and oxygen atoms in total. The van der Waals surface area contributed by atoms with Gasteiger partial charge in [-0.2, -0.15) is 0 Å². The quantitative estimate of drug-likeness (QED) is 0.612. The van der Waals surface area contributed by atoms with Gasteiger partial charge in [-0.25, -0.2) is 0 Å². The standard InChI is InChI=1S/C9H18O3/c1-2-3-12-6-7-4-8(10)9(11)5-7/h7-11H,2-6H2,1H3. The number of hydrogen-bond donors (Lipinski definition) is 2. The maximum Gasteiger partial charge on any atom is 0.0802 e. The normalized spacial score (nSPS) is 35.8. The van der Waals surface area contributed by atoms with Crippen molar-refractivity contribution in [2.45, 2.75) is 38.4 Å². The number of ether oxygens (including phenoxy) is 1. The fourth-order valence-electron chi connectivity index (χ4n) is 1.62. The molecular weight excluding hydrogens is 156 g/mol. The summed E-state index contributed by atoms with van der Waals surface area (Å²) >= 11 is 0. The summed E-state index contributed by atoms with van der Waals surface area (Å²) in [5.41, 5.74) is 0. The Morgan fingerprint density at radius 1 is 1.25 bits per heavy atom. The Balaban J connectivity index is 2.10. The van der Waals surface area contributed by atoms with E-state index in [1.807, 2.05) is 0 Å². The Morgan fingerprint density at radius 3 is 2.33 bits per heavy atom. The third kappa shape index (κ3) is 2.73. The molecule has 0 bridgehead atoms. The van der Waals surface area contributed by atoms with E-state index in [9.17, 15) is 10.2 Å². The summed E-state index contributed by atoms with van der Waals surface area (Å²) in [6.45, 7) is 3.53. The van der Waals surface area contributed by atoms with Crippen molar-refractivity contribution in [3.05, 3.63) is 0 Å². The molecule has 0 aliphatic heterocycles. The Bertz CT molecular complexity index is 117. The average molecular weight is 174 g/mol. The third-order valence-electron chi connectivity index (χ3n) is 2.30. The van der Waals surface area contributed by atoms with Crippen LogP contribution in [0.25, 0.3) is 0 Å². The second-order valence-electron chi connectivity index (χ2n) is 3.55. The lowest BCUT2D eigenvalue weighted by Gasteiger charge is -2.08. The van der Waals surface area contributed by atoms with E-state index >= 15 is 0 Å². The molecule has 1 fully saturated rings. The first-order valence-electron chi connectivity index (χ1n) is 4.68. The molecule has 0 radical (unpaired) electrons. The summed E-state index contributed by atoms with van der Waals surface area (Å²) in [7, 11) is 0. The molecule has 1 aliphatic carbocycles. The molecule has 1 aliphatic rings. The lowest BCUT2D eigenvalue weighted by Crippen LogP contribution is -2.17. The molecule has 0 saturated heterocycles. The van der Waals surface area contributed by atoms with Gasteiger partial charge in [0.1, 0.15) is 0 Å². The van der Waals surface area contributed by atoms with E-state index in [0.717, 1.165) is 13.0 Å². The summed E-state index contributed by atoms with van der Waals surface area (Å²) in [6, 6.07) is 0. The molecule has 2 unspecified atom stereocenters. The van der Waals surface area contributed by atoms with Gasteiger partial charge in [-0.3, -0.25) is 0 Å². The minimum absolute atomic E-state index is 0.349. The lowest BCUT2D eigenvalue weighted by molar-refractivity contribution is 0.0438. The largest absolute Gasteiger partial charge is 0.390 e. The van der Waals surface area contributed by atoms with Gasteiger partial charge in [0, 0.05) is 13.2 Å². The Hall–Kier alpha value is -0.120. The Morgan fingerprint density at radius 2 is 1.83 bits per heavy atom. The minimum Gasteiger partial charge on any atom is -0.390 e. The second-order valence-corrected chi connectivity index (χ2v) is 3.55. The van der Waals surface area contributed by atoms with Gasteiger partial charge in [0.05, 0.1) is 12.2 Å². The molecule has 0 aromatic carbocycles. The highest BCUT2D eigenvalue weighted by molar-refractivity contribution is 4.82. The third-order valence-corrected chi connectivity index (χ3v) is 2.30. The lowest BCUT2D eigenvalue weighted by atomic mass is 10.1. The molecule has 1 saturated carbocycles. The topological polar surface area (TPSA) is 49.7 Å². The van der Waals surface area contributed by atoms with Crippen molar-refractivity contribution >= 4 is 0 Å². The molecule has 12 heavy (non-hydrogen) atoms. The van der Waals surface area contributed by atoms with Crippen molar-refractivity contribution in [3.63, 3.8) is 0 Å². The van der Waals surface area contributed by atoms with Crippen LogP contribution in [0.2, 0.25) is 0 Å². The van der Waals surface area contributed by atoms with Crippen LogP contribution in [0, 0.1) is 5.92 Å². The summed E-state index contributed by atoms with van der Waals surface area (Å²) in [5.74, 6) is 0.349. The molecule has 2 atom stereocenters. The highest BCUT2D eigenvalue weighted by Crippen LogP contribution is 2.25. The summed E-state index contributed by atoms with van der Waals surface area (Å²) in [6.07, 6.45) is 1.34. The maximum absolute atomic E-state index is 9.22. The SMILES string of the molecule is CCCOCC1CC(O)C(O)C1. The molecule has 72 valence electrons. The van der Waals surface area contributed by atoms with E-state index in [-0.39, 0.29) is 0 Å². The highest BCUT2D eigenvalue weighted by atomic mass is 16.5. The van der Waals surface area contributed by atoms with Gasteiger partial charge in [-0.15, -0.1) is 0 Å². The molecule has 0 spiro atoms. The molecule has 3 heteroatoms. The van der Waals surface area contributed by atoms with Crippen LogP contribution >= 0.6 is 0 Å². The van der Waals surface area contributed by atoms with E-state index in [4.69, 9.17) is 4.74 Å². The van der Waals surface area contributed by atoms with Gasteiger partial charge in [-0.05, 0) is 25.2 Å². The van der Waals surface area contributed by atoms with Crippen LogP contribution in [0.3, 0.4) is 0 Å². The van der Waals surface area contributed by atoms with Gasteiger partial charge < -0.3 is 14.9 Å². The first-order chi connectivity index (χ1) is 5.74. The monoisotopic (exact) mass is 174 g/mol. The first kappa shape index (κ1) is 9.96. The fourth-order valence-corrected chi connectivity index (χ4v) is 1.62. The van der Waals surface area contributed by atoms with Crippen LogP contribution < -0.4 is 0 Å². The minimum atomic E-state index is -0.528. The van der Waals surface area contributed by atoms with E-state index in [0.29, 0.717) is 25.4 Å². The van der Waals surface area contributed by atoms with Crippen LogP contribution in [0.4, 0.5) is 0 Å². The Labute approximate surface area is 73.4 Å². The van der Waals surface area contributed by atoms with E-state index in [1.54, 1.807) is 0 Å². The zero-order valence-corrected chi connectivity index (χ0v) is 7.57. The van der Waals surface area contributed by atoms with Crippen LogP contribution in [0.15, 0.2) is 0 Å². The highest BCUT2D eigenvalue weighted by Gasteiger charge is 2.31. The summed E-state index contributed by atoms with van der Waals surface area (Å²) in [4.78, 5) is 0. The predicted octanol–water partition coefficient (Wildman–Crippen LogP) is 0.545. The van der Waals surface area contributed by atoms with Gasteiger partial charge >= 0.3 is 0 Å². The van der Waals surface area contributed by atoms with Gasteiger partial charge in [0.2, 0.25) is 0 Å². The number of aliphatic hydroxyl groups excluding tert-OH is 2. The van der Waals surface area contributed by atoms with E-state index < -0.39 is 12.2 Å². The second kappa shape index (κ2) is 4.80. The smallest absolute Gasteiger partial charge is 0.0802 e. The van der Waals surface area contributed by atoms with E-state index in [1.165, 1.54) is 0 Å². The van der Waals surface area contributed by atoms with Gasteiger partial charge in [0.25, 0.3) is 0 Å². The number of hydrogen-bond acceptors (Lipinski definition) is 3. The van der Waals surface area contributed by atoms with Crippen LogP contribution in [-0.4, -0.2) is 35.6 Å².